The zero-order valence-electron chi connectivity index (χ0n) is 76.8. The average Bonchev–Trinajstić information content (AvgIpc) is 1.38. The maximum absolute atomic E-state index is 14.2. The Hall–Kier alpha value is -9.50. The van der Waals surface area contributed by atoms with Gasteiger partial charge in [0.1, 0.15) is 0 Å². The summed E-state index contributed by atoms with van der Waals surface area (Å²) in [7, 11) is 0.394. The maximum atomic E-state index is 14.2. The first-order chi connectivity index (χ1) is 69.1. The van der Waals surface area contributed by atoms with E-state index in [2.05, 4.69) is 334 Å². The molecular formula is C96H60B20F8I4N8O4P4-8. The summed E-state index contributed by atoms with van der Waals surface area (Å²) in [6.45, 7) is 0.449. The summed E-state index contributed by atoms with van der Waals surface area (Å²) in [5.41, 5.74) is 30.5. The molecule has 16 fully saturated rings. The van der Waals surface area contributed by atoms with E-state index < -0.39 is 112 Å². The van der Waals surface area contributed by atoms with Crippen LogP contribution in [-0.4, -0.2) is 148 Å². The van der Waals surface area contributed by atoms with E-state index in [-0.39, 0.29) is 73.9 Å². The monoisotopic (exact) mass is 2390 g/mol. The third kappa shape index (κ3) is 8.86. The van der Waals surface area contributed by atoms with E-state index in [0.717, 1.165) is 121 Å². The molecule has 24 aliphatic heterocycles. The van der Waals surface area contributed by atoms with Gasteiger partial charge >= 0.3 is 860 Å². The van der Waals surface area contributed by atoms with Gasteiger partial charge in [-0.3, -0.25) is 0 Å². The van der Waals surface area contributed by atoms with Crippen LogP contribution < -0.4 is 125 Å². The van der Waals surface area contributed by atoms with Crippen LogP contribution in [0, 0.1) is 0 Å². The van der Waals surface area contributed by atoms with Gasteiger partial charge < -0.3 is 18.8 Å². The molecule has 0 spiro atoms. The fourth-order valence-corrected chi connectivity index (χ4v) is 94.3. The van der Waals surface area contributed by atoms with Gasteiger partial charge in [-0.05, 0) is 0 Å². The van der Waals surface area contributed by atoms with Gasteiger partial charge in [0.05, 0.1) is 0 Å². The number of ether oxygens (including phenoxy) is 4. The van der Waals surface area contributed by atoms with Crippen LogP contribution in [0.1, 0.15) is 0 Å². The third-order valence-electron chi connectivity index (χ3n) is 42.9. The number of hydrogen-bond acceptors (Lipinski definition) is 8. The Morgan fingerprint density at radius 3 is 0.972 bits per heavy atom. The molecule has 16 aromatic carbocycles. The van der Waals surface area contributed by atoms with Crippen LogP contribution in [0.4, 0.5) is 11.4 Å². The minimum Gasteiger partial charge on any atom is -1.00 e. The van der Waals surface area contributed by atoms with Crippen LogP contribution in [-0.2, 0) is 0 Å². The van der Waals surface area contributed by atoms with Crippen LogP contribution in [0.3, 0.4) is 0 Å². The topological polar surface area (TPSA) is 106 Å². The number of fused-ring (bicyclic) bond motifs is 28. The Morgan fingerprint density at radius 2 is 0.528 bits per heavy atom. The van der Waals surface area contributed by atoms with Crippen molar-refractivity contribution in [1.82, 2.24) is 18.3 Å². The minimum atomic E-state index is -2.38. The van der Waals surface area contributed by atoms with Crippen LogP contribution in [0.15, 0.2) is 327 Å². The van der Waals surface area contributed by atoms with E-state index in [4.69, 9.17) is 30.6 Å². The Bertz CT molecular complexity index is 9750. The average molecular weight is 2390 g/mol. The Morgan fingerprint density at radius 1 is 0.229 bits per heavy atom. The summed E-state index contributed by atoms with van der Waals surface area (Å²) in [6, 6.07) is 114. The van der Waals surface area contributed by atoms with Crippen LogP contribution >= 0.6 is 112 Å². The molecule has 0 N–H and O–H groups in total. The summed E-state index contributed by atoms with van der Waals surface area (Å²) in [5, 5.41) is 16.0. The molecule has 4 aromatic heterocycles. The first kappa shape index (κ1) is 86.5. The van der Waals surface area contributed by atoms with Crippen molar-refractivity contribution in [3.05, 3.63) is 315 Å². The molecule has 0 unspecified atom stereocenters. The normalized spacial score (nSPS) is 20.8. The summed E-state index contributed by atoms with van der Waals surface area (Å²) in [4.78, 5) is 0. The molecule has 0 saturated carbocycles. The van der Waals surface area contributed by atoms with E-state index in [0.29, 0.717) is 0 Å². The van der Waals surface area contributed by atoms with Crippen molar-refractivity contribution in [2.75, 3.05) is 0 Å². The number of rotatable bonds is 8. The van der Waals surface area contributed by atoms with Gasteiger partial charge in [-0.15, -0.1) is 0 Å². The quantitative estimate of drug-likeness (QED) is 0.0972. The van der Waals surface area contributed by atoms with Crippen LogP contribution in [0.5, 0.6) is 46.0 Å². The van der Waals surface area contributed by atoms with Gasteiger partial charge in [-0.25, -0.2) is 0 Å². The molecule has 144 heavy (non-hydrogen) atoms. The molecule has 12 nitrogen and oxygen atoms in total. The first-order valence-electron chi connectivity index (χ1n) is 50.3. The second-order valence-electron chi connectivity index (χ2n) is 45.0. The predicted octanol–water partition coefficient (Wildman–Crippen LogP) is 0.759. The molecule has 0 atom stereocenters. The number of halogens is 12. The molecule has 16 saturated heterocycles. The third-order valence-corrected chi connectivity index (χ3v) is 88.1. The van der Waals surface area contributed by atoms with Crippen molar-refractivity contribution in [2.24, 2.45) is 11.7 Å². The first-order valence-corrected chi connectivity index (χ1v) is 67.0. The van der Waals surface area contributed by atoms with Gasteiger partial charge in [0, 0.05) is 0 Å². The van der Waals surface area contributed by atoms with Gasteiger partial charge in [0.25, 0.3) is 0 Å². The molecule has 24 aliphatic rings. The second-order valence-corrected chi connectivity index (χ2v) is 73.4. The molecule has 44 rings (SSSR count). The summed E-state index contributed by atoms with van der Waals surface area (Å²) < 4.78 is 112. The van der Waals surface area contributed by atoms with E-state index in [1.165, 1.54) is 197 Å². The van der Waals surface area contributed by atoms with Crippen LogP contribution in [0.25, 0.3) is 110 Å². The van der Waals surface area contributed by atoms with E-state index in [1.54, 1.807) is 0 Å². The molecule has 28 heterocycles. The summed E-state index contributed by atoms with van der Waals surface area (Å²) in [6.07, 6.45) is 0.213. The van der Waals surface area contributed by atoms with Crippen molar-refractivity contribution < 1.29 is 49.2 Å². The van der Waals surface area contributed by atoms with Gasteiger partial charge in [-0.2, -0.15) is 0 Å². The van der Waals surface area contributed by atoms with Gasteiger partial charge in [0.2, 0.25) is 0 Å². The largest absolute Gasteiger partial charge is 1.00 e. The van der Waals surface area contributed by atoms with Crippen molar-refractivity contribution in [2.45, 2.75) is 0 Å². The molecule has 48 heteroatoms. The summed E-state index contributed by atoms with van der Waals surface area (Å²) in [5.74, 6) is 7.58. The second kappa shape index (κ2) is 27.8. The van der Waals surface area contributed by atoms with Crippen molar-refractivity contribution in [1.29, 1.82) is 0 Å². The van der Waals surface area contributed by atoms with Crippen molar-refractivity contribution in [3.8, 4) is 68.7 Å². The molecule has 8 bridgehead atoms. The van der Waals surface area contributed by atoms with E-state index >= 15 is 0 Å². The molecule has 20 aromatic rings. The van der Waals surface area contributed by atoms with Crippen LogP contribution in [0.2, 0.25) is 0 Å². The van der Waals surface area contributed by atoms with Gasteiger partial charge in [0.15, 0.2) is 0 Å². The SMILES string of the molecule is FI=NP12(c3cc4c5c(c3)c3ccccc3n5-c3cccc5c3B4c3ccccc3O5)B3[BH2-]B1B32.FI=NP12(c3ccc4c(c3)B3c5c(cccc5-n5c6ccccc6c6cccc3c65)O4)B3[BH2-]B1B32.FI=NP12(c3ccc4c5ccccc5n5c4c3B3c4ccccc4Oc4cccc-5c43)B3[BH2-]B1B32.FI=NP12(c3cccc4c3B3c5c(cccc5-n5c6ccccc6c6cccc3c65)O4)B3[BH2-]B1B32.[F-].[F-].[F-].[F-]. The Kier molecular flexibility index (Phi) is 16.7. The Labute approximate surface area is 869 Å². The fourth-order valence-electron chi connectivity index (χ4n) is 36.8. The number of aromatic nitrogens is 4. The van der Waals surface area contributed by atoms with E-state index in [1.807, 2.05) is 0 Å². The number of nitrogens with zero attached hydrogens (tertiary/aromatic N) is 8. The van der Waals surface area contributed by atoms with Crippen molar-refractivity contribution >= 4 is 416 Å². The zero-order chi connectivity index (χ0) is 90.8. The summed E-state index contributed by atoms with van der Waals surface area (Å²) >= 11 is -6.20. The maximum Gasteiger partial charge on any atom is -1.00 e. The fraction of sp³-hybridized carbons (Fsp3) is 0. The van der Waals surface area contributed by atoms with Crippen molar-refractivity contribution in [3.63, 3.8) is 0 Å². The number of benzene rings is 16. The molecule has 0 radical (unpaired) electrons. The zero-order valence-corrected chi connectivity index (χ0v) is 89.0. The smallest absolute Gasteiger partial charge is 1.00 e. The Balaban J connectivity index is 0.0000000836. The molecule has 0 aliphatic carbocycles. The standard InChI is InChI=1S/4C24H15B5FIN2OP.4FH/c30-31-32-35(27-25-28(35)29(27)35)14-12-16-15-6-1-3-8-19(15)33-20-9-5-11-22-23(20)26(18(13-14)24(16)33)17-7-2-4-10-21(17)34-22;30-31-32-35(27-25-28(35)29(27)35)21-13-12-15-14-6-1-3-8-17(14)33-18-9-5-11-20-22(18)26(23(21)24(15)33)16-7-2-4-10-19(16)34-20;30-31-32-35(27-25-28(35)29(27)35)21-13-5-12-20-23(21)26-16-8-3-7-15-14-6-1-2-9-17(14)33(24(15)16)18-10-4-11-19(34-20)22(18)26;30-31-32-35(27-25-28(35)29(27)35)14-11-12-21-18(13-14)26-17-7-3-6-16-15-5-1-2-8-19(15)33(24(16)17)20-9-4-10-22(34-21)23(20)26;;;;/h4*1-13H,25H2;4*1H/q4*-1;;;;/p-4. The molecule has 680 valence electrons. The number of para-hydroxylation sites is 8. The van der Waals surface area contributed by atoms with E-state index in [9.17, 15) is 11.4 Å². The molecular weight excluding hydrogens is 2330 g/mol. The van der Waals surface area contributed by atoms with Gasteiger partial charge in [-0.1, -0.05) is 0 Å². The minimum absolute atomic E-state index is 0. The predicted molar refractivity (Wildman–Crippen MR) is 647 cm³/mol. The number of hydrogen-bond donors (Lipinski definition) is 0. The molecule has 0 amide bonds.